The number of aryl methyl sites for hydroxylation is 1. The minimum atomic E-state index is -3.99. The molecule has 0 unspecified atom stereocenters. The van der Waals surface area contributed by atoms with Crippen molar-refractivity contribution in [1.29, 1.82) is 0 Å². The number of carbonyl (C=O) groups excluding carboxylic acids is 2. The molecule has 0 aliphatic rings. The van der Waals surface area contributed by atoms with Gasteiger partial charge in [0.2, 0.25) is 0 Å². The predicted octanol–water partition coefficient (Wildman–Crippen LogP) is 3.43. The second-order valence-electron chi connectivity index (χ2n) is 6.09. The number of furan rings is 1. The smallest absolute Gasteiger partial charge is 0.337 e. The molecular weight excluding hydrogens is 396 g/mol. The van der Waals surface area contributed by atoms with Crippen LogP contribution in [0.3, 0.4) is 0 Å². The summed E-state index contributed by atoms with van der Waals surface area (Å²) in [6, 6.07) is 13.6. The molecule has 29 heavy (non-hydrogen) atoms. The number of nitrogens with one attached hydrogen (secondary N) is 2. The highest BCUT2D eigenvalue weighted by Crippen LogP contribution is 2.23. The molecule has 0 radical (unpaired) electrons. The molecule has 3 aromatic rings. The molecule has 0 aliphatic heterocycles. The molecule has 2 N–H and O–H groups in total. The van der Waals surface area contributed by atoms with E-state index in [1.807, 2.05) is 0 Å². The van der Waals surface area contributed by atoms with E-state index in [2.05, 4.69) is 14.8 Å². The fourth-order valence-electron chi connectivity index (χ4n) is 2.61. The first-order valence-corrected chi connectivity index (χ1v) is 9.95. The van der Waals surface area contributed by atoms with E-state index in [0.29, 0.717) is 11.3 Å². The van der Waals surface area contributed by atoms with Crippen molar-refractivity contribution in [3.05, 3.63) is 77.7 Å². The Morgan fingerprint density at radius 2 is 1.76 bits per heavy atom. The summed E-state index contributed by atoms with van der Waals surface area (Å²) >= 11 is 0. The first-order chi connectivity index (χ1) is 13.8. The van der Waals surface area contributed by atoms with E-state index in [1.165, 1.54) is 43.7 Å². The van der Waals surface area contributed by atoms with E-state index in [-0.39, 0.29) is 21.9 Å². The molecule has 0 spiro atoms. The van der Waals surface area contributed by atoms with Crippen LogP contribution in [-0.4, -0.2) is 27.4 Å². The number of anilines is 2. The minimum absolute atomic E-state index is 0.0505. The summed E-state index contributed by atoms with van der Waals surface area (Å²) in [6.07, 6.45) is 1.38. The molecule has 9 heteroatoms. The molecule has 1 amide bonds. The Balaban J connectivity index is 1.84. The van der Waals surface area contributed by atoms with Crippen LogP contribution in [0.5, 0.6) is 0 Å². The molecule has 0 fully saturated rings. The van der Waals surface area contributed by atoms with Gasteiger partial charge >= 0.3 is 5.97 Å². The van der Waals surface area contributed by atoms with Gasteiger partial charge in [-0.2, -0.15) is 0 Å². The number of hydrogen-bond donors (Lipinski definition) is 2. The van der Waals surface area contributed by atoms with Crippen LogP contribution in [0.1, 0.15) is 26.5 Å². The summed E-state index contributed by atoms with van der Waals surface area (Å²) in [7, 11) is -2.77. The van der Waals surface area contributed by atoms with E-state index in [0.717, 1.165) is 0 Å². The summed E-state index contributed by atoms with van der Waals surface area (Å²) in [5, 5.41) is 2.62. The van der Waals surface area contributed by atoms with Crippen LogP contribution in [0.25, 0.3) is 0 Å². The van der Waals surface area contributed by atoms with Gasteiger partial charge < -0.3 is 14.5 Å². The van der Waals surface area contributed by atoms with E-state index in [9.17, 15) is 18.0 Å². The van der Waals surface area contributed by atoms with Gasteiger partial charge in [0.05, 0.1) is 29.5 Å². The second-order valence-corrected chi connectivity index (χ2v) is 7.74. The lowest BCUT2D eigenvalue weighted by atomic mass is 10.1. The van der Waals surface area contributed by atoms with Crippen molar-refractivity contribution in [2.75, 3.05) is 17.1 Å². The third-order valence-electron chi connectivity index (χ3n) is 4.02. The lowest BCUT2D eigenvalue weighted by Gasteiger charge is -2.12. The third-order valence-corrected chi connectivity index (χ3v) is 5.54. The van der Waals surface area contributed by atoms with Gasteiger partial charge in [0.15, 0.2) is 5.76 Å². The maximum Gasteiger partial charge on any atom is 0.337 e. The van der Waals surface area contributed by atoms with Crippen LogP contribution in [0, 0.1) is 6.92 Å². The zero-order chi connectivity index (χ0) is 21.0. The molecule has 1 aromatic heterocycles. The van der Waals surface area contributed by atoms with E-state index < -0.39 is 21.9 Å². The van der Waals surface area contributed by atoms with Crippen LogP contribution in [0.4, 0.5) is 11.4 Å². The lowest BCUT2D eigenvalue weighted by Crippen LogP contribution is -2.16. The Morgan fingerprint density at radius 1 is 1.00 bits per heavy atom. The highest BCUT2D eigenvalue weighted by atomic mass is 32.2. The molecule has 3 rings (SSSR count). The Morgan fingerprint density at radius 3 is 2.45 bits per heavy atom. The topological polar surface area (TPSA) is 115 Å². The number of rotatable bonds is 6. The first-order valence-electron chi connectivity index (χ1n) is 8.47. The Hall–Kier alpha value is -3.59. The number of esters is 1. The van der Waals surface area contributed by atoms with Crippen molar-refractivity contribution in [1.82, 2.24) is 0 Å². The van der Waals surface area contributed by atoms with Crippen LogP contribution < -0.4 is 10.0 Å². The second kappa shape index (κ2) is 8.19. The van der Waals surface area contributed by atoms with Crippen molar-refractivity contribution in [3.8, 4) is 0 Å². The van der Waals surface area contributed by atoms with Gasteiger partial charge in [-0.3, -0.25) is 9.52 Å². The van der Waals surface area contributed by atoms with Crippen LogP contribution in [0.2, 0.25) is 0 Å². The number of benzene rings is 2. The van der Waals surface area contributed by atoms with Gasteiger partial charge in [-0.25, -0.2) is 13.2 Å². The van der Waals surface area contributed by atoms with Gasteiger partial charge in [0, 0.05) is 5.69 Å². The number of amides is 1. The molecule has 0 bridgehead atoms. The summed E-state index contributed by atoms with van der Waals surface area (Å²) < 4.78 is 37.8. The van der Waals surface area contributed by atoms with Crippen molar-refractivity contribution in [3.63, 3.8) is 0 Å². The van der Waals surface area contributed by atoms with E-state index in [4.69, 9.17) is 4.42 Å². The SMILES string of the molecule is COC(=O)c1ccc(C)c(S(=O)(=O)Nc2cccc(NC(=O)c3ccco3)c2)c1. The van der Waals surface area contributed by atoms with Crippen LogP contribution in [0.15, 0.2) is 70.2 Å². The monoisotopic (exact) mass is 414 g/mol. The lowest BCUT2D eigenvalue weighted by molar-refractivity contribution is 0.0600. The van der Waals surface area contributed by atoms with Gasteiger partial charge in [0.1, 0.15) is 0 Å². The van der Waals surface area contributed by atoms with Crippen molar-refractivity contribution >= 4 is 33.3 Å². The quantitative estimate of drug-likeness (QED) is 0.597. The summed E-state index contributed by atoms with van der Waals surface area (Å²) in [5.41, 5.74) is 1.21. The molecule has 1 heterocycles. The van der Waals surface area contributed by atoms with Gasteiger partial charge in [-0.15, -0.1) is 0 Å². The molecule has 8 nitrogen and oxygen atoms in total. The molecule has 0 atom stereocenters. The number of methoxy groups -OCH3 is 1. The van der Waals surface area contributed by atoms with Gasteiger partial charge in [0.25, 0.3) is 15.9 Å². The van der Waals surface area contributed by atoms with Gasteiger partial charge in [-0.05, 0) is 55.0 Å². The number of ether oxygens (including phenoxy) is 1. The van der Waals surface area contributed by atoms with E-state index >= 15 is 0 Å². The van der Waals surface area contributed by atoms with Crippen molar-refractivity contribution in [2.45, 2.75) is 11.8 Å². The minimum Gasteiger partial charge on any atom is -0.465 e. The van der Waals surface area contributed by atoms with Crippen molar-refractivity contribution < 1.29 is 27.2 Å². The number of carbonyl (C=O) groups is 2. The molecular formula is C20H18N2O6S. The Labute approximate surface area is 167 Å². The third kappa shape index (κ3) is 4.64. The highest BCUT2D eigenvalue weighted by Gasteiger charge is 2.20. The van der Waals surface area contributed by atoms with Crippen LogP contribution in [-0.2, 0) is 14.8 Å². The predicted molar refractivity (Wildman–Crippen MR) is 106 cm³/mol. The fourth-order valence-corrected chi connectivity index (χ4v) is 3.93. The first kappa shape index (κ1) is 20.2. The molecule has 0 aliphatic carbocycles. The average molecular weight is 414 g/mol. The van der Waals surface area contributed by atoms with Crippen LogP contribution >= 0.6 is 0 Å². The summed E-state index contributed by atoms with van der Waals surface area (Å²) in [5.74, 6) is -0.966. The fraction of sp³-hybridized carbons (Fsp3) is 0.100. The molecule has 2 aromatic carbocycles. The standard InChI is InChI=1S/C20H18N2O6S/c1-13-8-9-14(20(24)27-2)11-18(13)29(25,26)22-16-6-3-5-15(12-16)21-19(23)17-7-4-10-28-17/h3-12,22H,1-2H3,(H,21,23). The zero-order valence-electron chi connectivity index (χ0n) is 15.6. The Bertz CT molecular complexity index is 1150. The Kier molecular flexibility index (Phi) is 5.69. The summed E-state index contributed by atoms with van der Waals surface area (Å²) in [6.45, 7) is 1.62. The zero-order valence-corrected chi connectivity index (χ0v) is 16.4. The van der Waals surface area contributed by atoms with Gasteiger partial charge in [-0.1, -0.05) is 12.1 Å². The van der Waals surface area contributed by atoms with Crippen molar-refractivity contribution in [2.24, 2.45) is 0 Å². The maximum absolute atomic E-state index is 12.8. The molecule has 150 valence electrons. The normalized spacial score (nSPS) is 11.0. The molecule has 0 saturated carbocycles. The largest absolute Gasteiger partial charge is 0.465 e. The summed E-state index contributed by atoms with van der Waals surface area (Å²) in [4.78, 5) is 23.8. The average Bonchev–Trinajstić information content (AvgIpc) is 3.22. The maximum atomic E-state index is 12.8. The number of sulfonamides is 1. The molecule has 0 saturated heterocycles. The van der Waals surface area contributed by atoms with E-state index in [1.54, 1.807) is 31.2 Å². The number of hydrogen-bond acceptors (Lipinski definition) is 6. The highest BCUT2D eigenvalue weighted by molar-refractivity contribution is 7.92.